The Bertz CT molecular complexity index is 804. The van der Waals surface area contributed by atoms with Gasteiger partial charge in [-0.05, 0) is 57.0 Å². The molecule has 1 aromatic carbocycles. The van der Waals surface area contributed by atoms with Crippen LogP contribution in [0.5, 0.6) is 0 Å². The zero-order valence-electron chi connectivity index (χ0n) is 19.7. The van der Waals surface area contributed by atoms with Gasteiger partial charge in [-0.15, -0.1) is 0 Å². The Morgan fingerprint density at radius 2 is 1.87 bits per heavy atom. The van der Waals surface area contributed by atoms with E-state index < -0.39 is 0 Å². The lowest BCUT2D eigenvalue weighted by molar-refractivity contribution is 0.289. The molecule has 0 bridgehead atoms. The third kappa shape index (κ3) is 6.07. The summed E-state index contributed by atoms with van der Waals surface area (Å²) < 4.78 is 0. The van der Waals surface area contributed by atoms with Gasteiger partial charge in [0.2, 0.25) is 0 Å². The molecule has 168 valence electrons. The average Bonchev–Trinajstić information content (AvgIpc) is 3.28. The van der Waals surface area contributed by atoms with Gasteiger partial charge < -0.3 is 4.90 Å². The van der Waals surface area contributed by atoms with E-state index >= 15 is 0 Å². The van der Waals surface area contributed by atoms with Crippen LogP contribution in [0, 0.1) is 5.92 Å². The molecule has 2 aliphatic rings. The van der Waals surface area contributed by atoms with Crippen LogP contribution in [0.4, 0.5) is 0 Å². The van der Waals surface area contributed by atoms with E-state index in [2.05, 4.69) is 84.3 Å². The monoisotopic (exact) mass is 421 g/mol. The van der Waals surface area contributed by atoms with E-state index in [0.29, 0.717) is 5.84 Å². The molecule has 0 radical (unpaired) electrons. The molecule has 1 atom stereocenters. The zero-order chi connectivity index (χ0) is 22.2. The molecular formula is C26H39N5. The number of amidine groups is 1. The number of likely N-dealkylation sites (tertiary alicyclic amines) is 1. The van der Waals surface area contributed by atoms with Gasteiger partial charge in [-0.2, -0.15) is 5.10 Å². The number of hydrogen-bond acceptors (Lipinski definition) is 4. The van der Waals surface area contributed by atoms with Crippen LogP contribution < -0.4 is 0 Å². The summed E-state index contributed by atoms with van der Waals surface area (Å²) >= 11 is 0. The number of hydrogen-bond donors (Lipinski definition) is 0. The largest absolute Gasteiger partial charge is 0.370 e. The lowest BCUT2D eigenvalue weighted by Crippen LogP contribution is -2.34. The summed E-state index contributed by atoms with van der Waals surface area (Å²) in [5.41, 5.74) is 4.96. The zero-order valence-corrected chi connectivity index (χ0v) is 19.7. The Balaban J connectivity index is 1.58. The predicted molar refractivity (Wildman–Crippen MR) is 134 cm³/mol. The molecule has 0 N–H and O–H groups in total. The average molecular weight is 422 g/mol. The van der Waals surface area contributed by atoms with Crippen LogP contribution in [-0.4, -0.2) is 73.2 Å². The molecule has 5 heteroatoms. The van der Waals surface area contributed by atoms with Crippen LogP contribution in [0.3, 0.4) is 0 Å². The number of rotatable bonds is 9. The molecule has 2 heterocycles. The van der Waals surface area contributed by atoms with E-state index in [-0.39, 0.29) is 0 Å². The Labute approximate surface area is 188 Å². The second kappa shape index (κ2) is 11.3. The van der Waals surface area contributed by atoms with Crippen molar-refractivity contribution in [2.45, 2.75) is 40.0 Å². The summed E-state index contributed by atoms with van der Waals surface area (Å²) in [5.74, 6) is 1.56. The maximum Gasteiger partial charge on any atom is 0.178 e. The standard InChI is InChI=1S/C26H39N5/c1-6-22-13-16-29(20-22)19-21(4)30-17-14-24(15-18-30)23-9-11-25(12-10-23)26(27-5)28-31(7-2)8-3/h9-12,14,22H,4-8,13,15-20H2,1-3H3/b28-26-. The molecule has 2 aliphatic heterocycles. The second-order valence-corrected chi connectivity index (χ2v) is 8.59. The summed E-state index contributed by atoms with van der Waals surface area (Å²) in [6.45, 7) is 21.8. The number of nitrogens with zero attached hydrogens (tertiary/aromatic N) is 5. The normalized spacial score (nSPS) is 20.0. The topological polar surface area (TPSA) is 34.4 Å². The molecule has 1 unspecified atom stereocenters. The van der Waals surface area contributed by atoms with Gasteiger partial charge in [-0.25, -0.2) is 4.99 Å². The summed E-state index contributed by atoms with van der Waals surface area (Å²) in [4.78, 5) is 9.15. The van der Waals surface area contributed by atoms with Gasteiger partial charge in [0, 0.05) is 50.5 Å². The predicted octanol–water partition coefficient (Wildman–Crippen LogP) is 4.73. The summed E-state index contributed by atoms with van der Waals surface area (Å²) in [7, 11) is 0. The molecule has 1 fully saturated rings. The first-order valence-corrected chi connectivity index (χ1v) is 11.8. The highest BCUT2D eigenvalue weighted by Crippen LogP contribution is 2.26. The first-order valence-electron chi connectivity index (χ1n) is 11.8. The van der Waals surface area contributed by atoms with Gasteiger partial charge in [-0.3, -0.25) is 9.91 Å². The van der Waals surface area contributed by atoms with Crippen LogP contribution in [0.1, 0.15) is 51.2 Å². The van der Waals surface area contributed by atoms with Crippen molar-refractivity contribution < 1.29 is 0 Å². The fraction of sp³-hybridized carbons (Fsp3) is 0.538. The molecule has 1 saturated heterocycles. The van der Waals surface area contributed by atoms with E-state index in [0.717, 1.165) is 50.6 Å². The number of hydrazone groups is 1. The van der Waals surface area contributed by atoms with Crippen LogP contribution >= 0.6 is 0 Å². The molecule has 31 heavy (non-hydrogen) atoms. The lowest BCUT2D eigenvalue weighted by Gasteiger charge is -2.32. The van der Waals surface area contributed by atoms with Gasteiger partial charge in [0.1, 0.15) is 0 Å². The molecule has 5 nitrogen and oxygen atoms in total. The minimum Gasteiger partial charge on any atom is -0.370 e. The van der Waals surface area contributed by atoms with Crippen molar-refractivity contribution >= 4 is 18.1 Å². The van der Waals surface area contributed by atoms with Gasteiger partial charge in [0.05, 0.1) is 0 Å². The first-order chi connectivity index (χ1) is 15.1. The maximum atomic E-state index is 4.61. The molecule has 0 aromatic heterocycles. The van der Waals surface area contributed by atoms with E-state index in [4.69, 9.17) is 0 Å². The second-order valence-electron chi connectivity index (χ2n) is 8.59. The third-order valence-corrected chi connectivity index (χ3v) is 6.64. The first kappa shape index (κ1) is 23.3. The molecule has 3 rings (SSSR count). The number of aliphatic imine (C=N–C) groups is 1. The molecule has 0 saturated carbocycles. The van der Waals surface area contributed by atoms with Crippen molar-refractivity contribution in [1.29, 1.82) is 0 Å². The Morgan fingerprint density at radius 1 is 1.13 bits per heavy atom. The minimum atomic E-state index is 0.683. The van der Waals surface area contributed by atoms with E-state index in [1.54, 1.807) is 0 Å². The van der Waals surface area contributed by atoms with Crippen molar-refractivity contribution in [3.63, 3.8) is 0 Å². The highest BCUT2D eigenvalue weighted by atomic mass is 15.5. The Morgan fingerprint density at radius 3 is 2.42 bits per heavy atom. The third-order valence-electron chi connectivity index (χ3n) is 6.64. The van der Waals surface area contributed by atoms with Crippen LogP contribution in [0.25, 0.3) is 5.57 Å². The van der Waals surface area contributed by atoms with Gasteiger partial charge >= 0.3 is 0 Å². The van der Waals surface area contributed by atoms with Crippen molar-refractivity contribution in [1.82, 2.24) is 14.8 Å². The SMILES string of the molecule is C=N/C(=N\N(CC)CC)c1ccc(C2=CCN(C(=C)CN3CCC(CC)C3)CC2)cc1. The van der Waals surface area contributed by atoms with Crippen molar-refractivity contribution in [2.75, 3.05) is 45.8 Å². The minimum absolute atomic E-state index is 0.683. The molecule has 1 aromatic rings. The molecule has 0 aliphatic carbocycles. The highest BCUT2D eigenvalue weighted by Gasteiger charge is 2.23. The fourth-order valence-electron chi connectivity index (χ4n) is 4.48. The fourth-order valence-corrected chi connectivity index (χ4v) is 4.48. The van der Waals surface area contributed by atoms with E-state index in [1.807, 2.05) is 5.01 Å². The van der Waals surface area contributed by atoms with Crippen LogP contribution in [0.15, 0.2) is 52.7 Å². The van der Waals surface area contributed by atoms with Gasteiger partial charge in [0.15, 0.2) is 5.84 Å². The molecule has 0 amide bonds. The summed E-state index contributed by atoms with van der Waals surface area (Å²) in [6.07, 6.45) is 6.05. The van der Waals surface area contributed by atoms with Crippen molar-refractivity contribution in [3.8, 4) is 0 Å². The Hall–Kier alpha value is -2.40. The quantitative estimate of drug-likeness (QED) is 0.329. The van der Waals surface area contributed by atoms with Gasteiger partial charge in [-0.1, -0.05) is 50.3 Å². The Kier molecular flexibility index (Phi) is 8.47. The van der Waals surface area contributed by atoms with E-state index in [9.17, 15) is 0 Å². The van der Waals surface area contributed by atoms with Crippen molar-refractivity contribution in [3.05, 3.63) is 53.7 Å². The number of benzene rings is 1. The summed E-state index contributed by atoms with van der Waals surface area (Å²) in [6, 6.07) is 8.58. The van der Waals surface area contributed by atoms with Crippen molar-refractivity contribution in [2.24, 2.45) is 16.0 Å². The van der Waals surface area contributed by atoms with Gasteiger partial charge in [0.25, 0.3) is 0 Å². The smallest absolute Gasteiger partial charge is 0.178 e. The molecular weight excluding hydrogens is 382 g/mol. The summed E-state index contributed by atoms with van der Waals surface area (Å²) in [5, 5.41) is 6.60. The van der Waals surface area contributed by atoms with Crippen LogP contribution in [-0.2, 0) is 0 Å². The van der Waals surface area contributed by atoms with E-state index in [1.165, 1.54) is 42.8 Å². The lowest BCUT2D eigenvalue weighted by atomic mass is 9.98. The maximum absolute atomic E-state index is 4.61. The highest BCUT2D eigenvalue weighted by molar-refractivity contribution is 6.01. The van der Waals surface area contributed by atoms with Crippen LogP contribution in [0.2, 0.25) is 0 Å². The molecule has 0 spiro atoms.